The van der Waals surface area contributed by atoms with Crippen molar-refractivity contribution in [3.63, 3.8) is 0 Å². The lowest BCUT2D eigenvalue weighted by Gasteiger charge is -2.33. The van der Waals surface area contributed by atoms with Crippen molar-refractivity contribution < 1.29 is 24.2 Å². The number of likely N-dealkylation sites (tertiary alicyclic amines) is 1. The van der Waals surface area contributed by atoms with E-state index in [2.05, 4.69) is 5.32 Å². The lowest BCUT2D eigenvalue weighted by Crippen LogP contribution is -2.42. The third-order valence-corrected chi connectivity index (χ3v) is 5.51. The number of nitrogens with one attached hydrogen (secondary N) is 1. The van der Waals surface area contributed by atoms with Gasteiger partial charge in [-0.05, 0) is 69.8 Å². The topological polar surface area (TPSA) is 88.1 Å². The first-order valence-corrected chi connectivity index (χ1v) is 9.64. The summed E-state index contributed by atoms with van der Waals surface area (Å²) in [6, 6.07) is 4.27. The van der Waals surface area contributed by atoms with Gasteiger partial charge >= 0.3 is 5.97 Å². The van der Waals surface area contributed by atoms with Crippen LogP contribution in [-0.2, 0) is 4.79 Å². The minimum absolute atomic E-state index is 0.0992. The molecule has 1 aromatic rings. The smallest absolute Gasteiger partial charge is 0.326 e. The van der Waals surface area contributed by atoms with E-state index < -0.39 is 12.0 Å². The quantitative estimate of drug-likeness (QED) is 0.791. The standard InChI is InChI=1S/C20H28N2O5/c1-3-26-16-6-5-14(11-17(16)27-4-2)18(23)22-13-20(7-9-21-10-8-20)12-15(22)19(24)25/h5-6,11,15,21H,3-4,7-10,12-13H2,1-2H3,(H,24,25)/t15-/m0/s1. The molecule has 2 saturated heterocycles. The second kappa shape index (κ2) is 8.17. The number of ether oxygens (including phenoxy) is 2. The summed E-state index contributed by atoms with van der Waals surface area (Å²) < 4.78 is 11.2. The van der Waals surface area contributed by atoms with E-state index in [1.54, 1.807) is 18.2 Å². The van der Waals surface area contributed by atoms with Crippen LogP contribution in [0.1, 0.15) is 43.5 Å². The number of piperidine rings is 1. The van der Waals surface area contributed by atoms with E-state index in [9.17, 15) is 14.7 Å². The number of benzene rings is 1. The number of aliphatic carboxylic acids is 1. The average molecular weight is 376 g/mol. The molecule has 2 aliphatic heterocycles. The predicted molar refractivity (Wildman–Crippen MR) is 100 cm³/mol. The molecule has 0 aliphatic carbocycles. The highest BCUT2D eigenvalue weighted by molar-refractivity contribution is 5.97. The molecule has 2 N–H and O–H groups in total. The Kier molecular flexibility index (Phi) is 5.89. The summed E-state index contributed by atoms with van der Waals surface area (Å²) >= 11 is 0. The van der Waals surface area contributed by atoms with Gasteiger partial charge in [0.1, 0.15) is 6.04 Å². The zero-order valence-corrected chi connectivity index (χ0v) is 16.0. The van der Waals surface area contributed by atoms with E-state index in [0.717, 1.165) is 25.9 Å². The van der Waals surface area contributed by atoms with Crippen molar-refractivity contribution in [3.05, 3.63) is 23.8 Å². The first-order chi connectivity index (χ1) is 13.0. The Balaban J connectivity index is 1.86. The second-order valence-corrected chi connectivity index (χ2v) is 7.27. The SMILES string of the molecule is CCOc1ccc(C(=O)N2CC3(CCNCC3)C[C@H]2C(=O)O)cc1OCC. The maximum Gasteiger partial charge on any atom is 0.326 e. The highest BCUT2D eigenvalue weighted by Gasteiger charge is 2.49. The normalized spacial score (nSPS) is 21.3. The summed E-state index contributed by atoms with van der Waals surface area (Å²) in [5.41, 5.74) is 0.331. The summed E-state index contributed by atoms with van der Waals surface area (Å²) in [6.45, 7) is 6.92. The van der Waals surface area contributed by atoms with Crippen LogP contribution in [0.15, 0.2) is 18.2 Å². The van der Waals surface area contributed by atoms with Gasteiger partial charge in [-0.15, -0.1) is 0 Å². The average Bonchev–Trinajstić information content (AvgIpc) is 3.03. The lowest BCUT2D eigenvalue weighted by atomic mass is 9.77. The van der Waals surface area contributed by atoms with Crippen molar-refractivity contribution >= 4 is 11.9 Å². The van der Waals surface area contributed by atoms with Gasteiger partial charge in [0, 0.05) is 12.1 Å². The number of hydrogen-bond acceptors (Lipinski definition) is 5. The number of nitrogens with zero attached hydrogens (tertiary/aromatic N) is 1. The molecule has 27 heavy (non-hydrogen) atoms. The van der Waals surface area contributed by atoms with Gasteiger partial charge < -0.3 is 24.8 Å². The van der Waals surface area contributed by atoms with Gasteiger partial charge in [-0.2, -0.15) is 0 Å². The summed E-state index contributed by atoms with van der Waals surface area (Å²) in [5, 5.41) is 13.0. The monoisotopic (exact) mass is 376 g/mol. The number of carboxylic acids is 1. The van der Waals surface area contributed by atoms with Crippen molar-refractivity contribution in [2.45, 2.75) is 39.2 Å². The molecule has 3 rings (SSSR count). The molecule has 1 aromatic carbocycles. The van der Waals surface area contributed by atoms with Gasteiger partial charge in [0.05, 0.1) is 13.2 Å². The minimum atomic E-state index is -0.935. The van der Waals surface area contributed by atoms with Crippen LogP contribution in [-0.4, -0.2) is 60.8 Å². The number of carboxylic acid groups (broad SMARTS) is 1. The van der Waals surface area contributed by atoms with Crippen LogP contribution in [0.25, 0.3) is 0 Å². The van der Waals surface area contributed by atoms with Crippen LogP contribution >= 0.6 is 0 Å². The van der Waals surface area contributed by atoms with Crippen molar-refractivity contribution in [2.75, 3.05) is 32.8 Å². The molecule has 1 amide bonds. The van der Waals surface area contributed by atoms with Gasteiger partial charge in [-0.1, -0.05) is 0 Å². The summed E-state index contributed by atoms with van der Waals surface area (Å²) in [4.78, 5) is 26.5. The molecule has 2 aliphatic rings. The van der Waals surface area contributed by atoms with Crippen LogP contribution in [0.3, 0.4) is 0 Å². The highest BCUT2D eigenvalue weighted by Crippen LogP contribution is 2.43. The van der Waals surface area contributed by atoms with E-state index in [0.29, 0.717) is 43.2 Å². The van der Waals surface area contributed by atoms with Gasteiger partial charge in [0.15, 0.2) is 11.5 Å². The highest BCUT2D eigenvalue weighted by atomic mass is 16.5. The number of carbonyl (C=O) groups excluding carboxylic acids is 1. The van der Waals surface area contributed by atoms with E-state index in [1.807, 2.05) is 13.8 Å². The molecule has 1 spiro atoms. The molecule has 2 heterocycles. The Bertz CT molecular complexity index is 700. The van der Waals surface area contributed by atoms with Crippen LogP contribution in [0.5, 0.6) is 11.5 Å². The van der Waals surface area contributed by atoms with Crippen molar-refractivity contribution in [1.82, 2.24) is 10.2 Å². The zero-order chi connectivity index (χ0) is 19.4. The Labute approximate surface area is 159 Å². The number of rotatable bonds is 6. The Morgan fingerprint density at radius 3 is 2.48 bits per heavy atom. The minimum Gasteiger partial charge on any atom is -0.490 e. The van der Waals surface area contributed by atoms with Gasteiger partial charge in [0.2, 0.25) is 0 Å². The maximum atomic E-state index is 13.2. The molecule has 0 unspecified atom stereocenters. The van der Waals surface area contributed by atoms with E-state index in [1.165, 1.54) is 4.90 Å². The Morgan fingerprint density at radius 1 is 1.19 bits per heavy atom. The first-order valence-electron chi connectivity index (χ1n) is 9.64. The summed E-state index contributed by atoms with van der Waals surface area (Å²) in [5.74, 6) is -0.105. The second-order valence-electron chi connectivity index (χ2n) is 7.27. The maximum absolute atomic E-state index is 13.2. The molecule has 7 heteroatoms. The third-order valence-electron chi connectivity index (χ3n) is 5.51. The third kappa shape index (κ3) is 4.03. The van der Waals surface area contributed by atoms with Gasteiger partial charge in [0.25, 0.3) is 5.91 Å². The molecule has 7 nitrogen and oxygen atoms in total. The molecule has 0 saturated carbocycles. The molecular weight excluding hydrogens is 348 g/mol. The van der Waals surface area contributed by atoms with Crippen LogP contribution in [0.2, 0.25) is 0 Å². The Hall–Kier alpha value is -2.28. The largest absolute Gasteiger partial charge is 0.490 e. The predicted octanol–water partition coefficient (Wildman–Crippen LogP) is 2.15. The van der Waals surface area contributed by atoms with Crippen LogP contribution in [0.4, 0.5) is 0 Å². The number of hydrogen-bond donors (Lipinski definition) is 2. The molecule has 148 valence electrons. The first kappa shape index (κ1) is 19.5. The molecular formula is C20H28N2O5. The molecule has 0 bridgehead atoms. The molecule has 1 atom stereocenters. The van der Waals surface area contributed by atoms with E-state index in [4.69, 9.17) is 9.47 Å². The molecule has 2 fully saturated rings. The molecule has 0 aromatic heterocycles. The van der Waals surface area contributed by atoms with Crippen molar-refractivity contribution in [1.29, 1.82) is 0 Å². The number of carbonyl (C=O) groups is 2. The van der Waals surface area contributed by atoms with E-state index in [-0.39, 0.29) is 11.3 Å². The molecule has 0 radical (unpaired) electrons. The van der Waals surface area contributed by atoms with E-state index >= 15 is 0 Å². The fourth-order valence-corrected chi connectivity index (χ4v) is 4.16. The zero-order valence-electron chi connectivity index (χ0n) is 16.0. The van der Waals surface area contributed by atoms with Crippen molar-refractivity contribution in [3.8, 4) is 11.5 Å². The van der Waals surface area contributed by atoms with Crippen molar-refractivity contribution in [2.24, 2.45) is 5.41 Å². The van der Waals surface area contributed by atoms with Crippen LogP contribution in [0, 0.1) is 5.41 Å². The number of amides is 1. The van der Waals surface area contributed by atoms with Gasteiger partial charge in [-0.25, -0.2) is 4.79 Å². The fraction of sp³-hybridized carbons (Fsp3) is 0.600. The Morgan fingerprint density at radius 2 is 1.85 bits per heavy atom. The van der Waals surface area contributed by atoms with Gasteiger partial charge in [-0.3, -0.25) is 4.79 Å². The summed E-state index contributed by atoms with van der Waals surface area (Å²) in [6.07, 6.45) is 2.31. The fourth-order valence-electron chi connectivity index (χ4n) is 4.16. The lowest BCUT2D eigenvalue weighted by molar-refractivity contribution is -0.141. The summed E-state index contributed by atoms with van der Waals surface area (Å²) in [7, 11) is 0. The van der Waals surface area contributed by atoms with Crippen LogP contribution < -0.4 is 14.8 Å².